The molecular formula is C9H16N2O. The third kappa shape index (κ3) is 1.77. The quantitative estimate of drug-likeness (QED) is 0.600. The molecule has 0 aromatic rings. The summed E-state index contributed by atoms with van der Waals surface area (Å²) in [5.74, 6) is 0.171. The molecule has 68 valence electrons. The molecule has 0 aromatic heterocycles. The van der Waals surface area contributed by atoms with Gasteiger partial charge in [0.2, 0.25) is 0 Å². The molecule has 3 heteroatoms. The van der Waals surface area contributed by atoms with Crippen molar-refractivity contribution in [1.29, 1.82) is 5.26 Å². The largest absolute Gasteiger partial charge is 0.302 e. The van der Waals surface area contributed by atoms with E-state index < -0.39 is 0 Å². The normalized spacial score (nSPS) is 29.2. The molecule has 2 unspecified atom stereocenters. The van der Waals surface area contributed by atoms with Crippen LogP contribution in [0.2, 0.25) is 0 Å². The van der Waals surface area contributed by atoms with Gasteiger partial charge >= 0.3 is 0 Å². The van der Waals surface area contributed by atoms with Crippen LogP contribution >= 0.6 is 0 Å². The van der Waals surface area contributed by atoms with E-state index in [1.165, 1.54) is 0 Å². The van der Waals surface area contributed by atoms with Crippen LogP contribution in [0.4, 0.5) is 0 Å². The number of hydroxylamine groups is 2. The van der Waals surface area contributed by atoms with E-state index in [0.29, 0.717) is 6.04 Å². The van der Waals surface area contributed by atoms with Gasteiger partial charge in [0.25, 0.3) is 0 Å². The Balaban J connectivity index is 2.54. The minimum absolute atomic E-state index is 0.171. The predicted molar refractivity (Wildman–Crippen MR) is 46.1 cm³/mol. The fourth-order valence-corrected chi connectivity index (χ4v) is 1.93. The number of nitriles is 1. The van der Waals surface area contributed by atoms with Gasteiger partial charge in [0, 0.05) is 6.54 Å². The summed E-state index contributed by atoms with van der Waals surface area (Å²) in [6.07, 6.45) is 3.28. The van der Waals surface area contributed by atoms with Crippen molar-refractivity contribution in [3.05, 3.63) is 0 Å². The predicted octanol–water partition coefficient (Wildman–Crippen LogP) is 1.56. The van der Waals surface area contributed by atoms with Gasteiger partial charge in [-0.1, -0.05) is 13.3 Å². The summed E-state index contributed by atoms with van der Waals surface area (Å²) in [4.78, 5) is 5.20. The first-order valence-corrected chi connectivity index (χ1v) is 4.53. The Kier molecular flexibility index (Phi) is 3.51. The van der Waals surface area contributed by atoms with Gasteiger partial charge in [0.15, 0.2) is 0 Å². The minimum atomic E-state index is 0.171. The van der Waals surface area contributed by atoms with Crippen molar-refractivity contribution in [2.45, 2.75) is 32.2 Å². The highest BCUT2D eigenvalue weighted by atomic mass is 16.7. The number of rotatable bonds is 3. The topological polar surface area (TPSA) is 36.3 Å². The fourth-order valence-electron chi connectivity index (χ4n) is 1.93. The molecule has 12 heavy (non-hydrogen) atoms. The average Bonchev–Trinajstić information content (AvgIpc) is 2.55. The zero-order chi connectivity index (χ0) is 8.97. The molecule has 0 radical (unpaired) electrons. The molecule has 0 bridgehead atoms. The van der Waals surface area contributed by atoms with Crippen LogP contribution in [-0.2, 0) is 4.84 Å². The lowest BCUT2D eigenvalue weighted by Crippen LogP contribution is -2.36. The van der Waals surface area contributed by atoms with Gasteiger partial charge in [0.1, 0.15) is 0 Å². The summed E-state index contributed by atoms with van der Waals surface area (Å²) in [7, 11) is 1.68. The number of hydrogen-bond acceptors (Lipinski definition) is 3. The van der Waals surface area contributed by atoms with Gasteiger partial charge < -0.3 is 4.84 Å². The van der Waals surface area contributed by atoms with Gasteiger partial charge in [-0.05, 0) is 12.8 Å². The van der Waals surface area contributed by atoms with Crippen molar-refractivity contribution in [3.63, 3.8) is 0 Å². The van der Waals surface area contributed by atoms with E-state index in [1.807, 2.05) is 5.06 Å². The first kappa shape index (κ1) is 9.50. The van der Waals surface area contributed by atoms with Crippen molar-refractivity contribution in [3.8, 4) is 6.07 Å². The second-order valence-corrected chi connectivity index (χ2v) is 3.15. The van der Waals surface area contributed by atoms with Crippen LogP contribution in [0.15, 0.2) is 0 Å². The second-order valence-electron chi connectivity index (χ2n) is 3.15. The summed E-state index contributed by atoms with van der Waals surface area (Å²) in [5, 5.41) is 10.8. The van der Waals surface area contributed by atoms with E-state index in [1.54, 1.807) is 7.11 Å². The summed E-state index contributed by atoms with van der Waals surface area (Å²) in [6, 6.07) is 2.67. The van der Waals surface area contributed by atoms with Crippen LogP contribution in [0.1, 0.15) is 26.2 Å². The highest BCUT2D eigenvalue weighted by molar-refractivity contribution is 4.95. The van der Waals surface area contributed by atoms with Crippen molar-refractivity contribution in [2.24, 2.45) is 5.92 Å². The van der Waals surface area contributed by atoms with Crippen molar-refractivity contribution >= 4 is 0 Å². The van der Waals surface area contributed by atoms with Crippen LogP contribution in [0.3, 0.4) is 0 Å². The molecule has 0 saturated heterocycles. The SMILES string of the molecule is CCN(OC)C1CCCC1C#N. The molecule has 1 rings (SSSR count). The number of nitrogens with zero attached hydrogens (tertiary/aromatic N) is 2. The lowest BCUT2D eigenvalue weighted by atomic mass is 10.1. The molecular weight excluding hydrogens is 152 g/mol. The molecule has 1 saturated carbocycles. The Morgan fingerprint density at radius 1 is 1.58 bits per heavy atom. The monoisotopic (exact) mass is 168 g/mol. The average molecular weight is 168 g/mol. The summed E-state index contributed by atoms with van der Waals surface area (Å²) in [5.41, 5.74) is 0. The van der Waals surface area contributed by atoms with Crippen LogP contribution < -0.4 is 0 Å². The molecule has 0 aliphatic heterocycles. The second kappa shape index (κ2) is 4.44. The lowest BCUT2D eigenvalue weighted by Gasteiger charge is -2.26. The van der Waals surface area contributed by atoms with E-state index in [4.69, 9.17) is 10.1 Å². The summed E-state index contributed by atoms with van der Waals surface area (Å²) >= 11 is 0. The zero-order valence-corrected chi connectivity index (χ0v) is 7.79. The molecule has 2 atom stereocenters. The molecule has 1 fully saturated rings. The van der Waals surface area contributed by atoms with Gasteiger partial charge in [-0.2, -0.15) is 10.3 Å². The molecule has 0 spiro atoms. The standard InChI is InChI=1S/C9H16N2O/c1-3-11(12-2)9-6-4-5-8(9)7-10/h8-9H,3-6H2,1-2H3. The first-order valence-electron chi connectivity index (χ1n) is 4.53. The summed E-state index contributed by atoms with van der Waals surface area (Å²) in [6.45, 7) is 2.91. The lowest BCUT2D eigenvalue weighted by molar-refractivity contribution is -0.162. The first-order chi connectivity index (χ1) is 5.83. The van der Waals surface area contributed by atoms with Crippen LogP contribution in [0.5, 0.6) is 0 Å². The van der Waals surface area contributed by atoms with Gasteiger partial charge in [-0.15, -0.1) is 0 Å². The zero-order valence-electron chi connectivity index (χ0n) is 7.79. The third-order valence-corrected chi connectivity index (χ3v) is 2.56. The molecule has 0 aromatic carbocycles. The van der Waals surface area contributed by atoms with E-state index >= 15 is 0 Å². The third-order valence-electron chi connectivity index (χ3n) is 2.56. The maximum absolute atomic E-state index is 8.84. The van der Waals surface area contributed by atoms with E-state index in [-0.39, 0.29) is 5.92 Å². The van der Waals surface area contributed by atoms with E-state index in [9.17, 15) is 0 Å². The maximum Gasteiger partial charge on any atom is 0.0673 e. The highest BCUT2D eigenvalue weighted by Crippen LogP contribution is 2.29. The molecule has 3 nitrogen and oxygen atoms in total. The minimum Gasteiger partial charge on any atom is -0.302 e. The smallest absolute Gasteiger partial charge is 0.0673 e. The Hall–Kier alpha value is -0.590. The summed E-state index contributed by atoms with van der Waals surface area (Å²) < 4.78 is 0. The Labute approximate surface area is 73.9 Å². The van der Waals surface area contributed by atoms with Gasteiger partial charge in [0.05, 0.1) is 25.1 Å². The number of hydrogen-bond donors (Lipinski definition) is 0. The molecule has 1 aliphatic rings. The molecule has 0 heterocycles. The van der Waals surface area contributed by atoms with E-state index in [0.717, 1.165) is 25.8 Å². The Morgan fingerprint density at radius 3 is 2.83 bits per heavy atom. The van der Waals surface area contributed by atoms with Gasteiger partial charge in [-0.3, -0.25) is 0 Å². The maximum atomic E-state index is 8.84. The highest BCUT2D eigenvalue weighted by Gasteiger charge is 2.31. The van der Waals surface area contributed by atoms with Crippen molar-refractivity contribution in [1.82, 2.24) is 5.06 Å². The van der Waals surface area contributed by atoms with Gasteiger partial charge in [-0.25, -0.2) is 0 Å². The van der Waals surface area contributed by atoms with Crippen molar-refractivity contribution in [2.75, 3.05) is 13.7 Å². The molecule has 0 N–H and O–H groups in total. The Bertz CT molecular complexity index is 172. The van der Waals surface area contributed by atoms with Crippen LogP contribution in [0.25, 0.3) is 0 Å². The molecule has 0 amide bonds. The van der Waals surface area contributed by atoms with Crippen LogP contribution in [0, 0.1) is 17.2 Å². The van der Waals surface area contributed by atoms with Crippen LogP contribution in [-0.4, -0.2) is 24.8 Å². The Morgan fingerprint density at radius 2 is 2.33 bits per heavy atom. The van der Waals surface area contributed by atoms with Crippen molar-refractivity contribution < 1.29 is 4.84 Å². The fraction of sp³-hybridized carbons (Fsp3) is 0.889. The molecule has 1 aliphatic carbocycles. The van der Waals surface area contributed by atoms with E-state index in [2.05, 4.69) is 13.0 Å².